The van der Waals surface area contributed by atoms with E-state index in [0.29, 0.717) is 12.3 Å². The number of primary sulfonamides is 1. The average Bonchev–Trinajstić information content (AvgIpc) is 2.45. The van der Waals surface area contributed by atoms with E-state index in [1.165, 1.54) is 12.1 Å². The second-order valence-electron chi connectivity index (χ2n) is 5.43. The molecule has 0 saturated carbocycles. The molecule has 0 spiro atoms. The highest BCUT2D eigenvalue weighted by Gasteiger charge is 2.21. The van der Waals surface area contributed by atoms with Crippen molar-refractivity contribution in [3.05, 3.63) is 24.3 Å². The fourth-order valence-electron chi connectivity index (χ4n) is 2.71. The van der Waals surface area contributed by atoms with Crippen molar-refractivity contribution in [2.75, 3.05) is 18.0 Å². The molecule has 1 fully saturated rings. The zero-order valence-corrected chi connectivity index (χ0v) is 12.6. The fourth-order valence-corrected chi connectivity index (χ4v) is 3.22. The first-order valence-corrected chi connectivity index (χ1v) is 8.50. The SMILES string of the molecule is NS(=O)(=O)c1ccc(N2CCCC(CCC(=O)O)C2)cc1. The molecule has 0 bridgehead atoms. The lowest BCUT2D eigenvalue weighted by Gasteiger charge is -2.34. The van der Waals surface area contributed by atoms with Gasteiger partial charge in [0.25, 0.3) is 0 Å². The Morgan fingerprint density at radius 3 is 2.57 bits per heavy atom. The zero-order valence-electron chi connectivity index (χ0n) is 11.7. The van der Waals surface area contributed by atoms with E-state index in [-0.39, 0.29) is 11.3 Å². The van der Waals surface area contributed by atoms with Gasteiger partial charge in [-0.3, -0.25) is 4.79 Å². The highest BCUT2D eigenvalue weighted by molar-refractivity contribution is 7.89. The molecule has 0 radical (unpaired) electrons. The van der Waals surface area contributed by atoms with Gasteiger partial charge in [-0.25, -0.2) is 13.6 Å². The van der Waals surface area contributed by atoms with Crippen LogP contribution in [0, 0.1) is 5.92 Å². The summed E-state index contributed by atoms with van der Waals surface area (Å²) in [6.45, 7) is 1.71. The molecule has 0 aliphatic carbocycles. The predicted octanol–water partition coefficient (Wildman–Crippen LogP) is 1.42. The third-order valence-electron chi connectivity index (χ3n) is 3.82. The third kappa shape index (κ3) is 4.44. The number of hydrogen-bond donors (Lipinski definition) is 2. The predicted molar refractivity (Wildman–Crippen MR) is 79.6 cm³/mol. The molecule has 2 rings (SSSR count). The summed E-state index contributed by atoms with van der Waals surface area (Å²) >= 11 is 0. The monoisotopic (exact) mass is 312 g/mol. The number of rotatable bonds is 5. The number of benzene rings is 1. The highest BCUT2D eigenvalue weighted by Crippen LogP contribution is 2.26. The Balaban J connectivity index is 2.02. The van der Waals surface area contributed by atoms with Crippen LogP contribution in [-0.2, 0) is 14.8 Å². The van der Waals surface area contributed by atoms with Crippen molar-refractivity contribution >= 4 is 21.7 Å². The molecule has 116 valence electrons. The Hall–Kier alpha value is -1.60. The number of carboxylic acid groups (broad SMARTS) is 1. The number of carboxylic acids is 1. The van der Waals surface area contributed by atoms with Gasteiger partial charge in [0.2, 0.25) is 10.0 Å². The first kappa shape index (κ1) is 15.8. The van der Waals surface area contributed by atoms with Crippen molar-refractivity contribution in [3.8, 4) is 0 Å². The first-order valence-electron chi connectivity index (χ1n) is 6.96. The van der Waals surface area contributed by atoms with Crippen molar-refractivity contribution in [1.82, 2.24) is 0 Å². The lowest BCUT2D eigenvalue weighted by Crippen LogP contribution is -2.35. The summed E-state index contributed by atoms with van der Waals surface area (Å²) in [7, 11) is -3.66. The molecule has 1 aliphatic rings. The van der Waals surface area contributed by atoms with Crippen LogP contribution in [-0.4, -0.2) is 32.6 Å². The van der Waals surface area contributed by atoms with Crippen LogP contribution in [0.2, 0.25) is 0 Å². The van der Waals surface area contributed by atoms with Gasteiger partial charge in [-0.1, -0.05) is 0 Å². The van der Waals surface area contributed by atoms with E-state index in [2.05, 4.69) is 4.90 Å². The van der Waals surface area contributed by atoms with Crippen LogP contribution in [0.5, 0.6) is 0 Å². The molecule has 3 N–H and O–H groups in total. The maximum absolute atomic E-state index is 11.2. The van der Waals surface area contributed by atoms with Gasteiger partial charge in [0.15, 0.2) is 0 Å². The number of nitrogens with two attached hydrogens (primary N) is 1. The van der Waals surface area contributed by atoms with Crippen molar-refractivity contribution in [2.45, 2.75) is 30.6 Å². The standard InChI is InChI=1S/C14H20N2O4S/c15-21(19,20)13-6-4-12(5-7-13)16-9-1-2-11(10-16)3-8-14(17)18/h4-7,11H,1-3,8-10H2,(H,17,18)(H2,15,19,20). The molecule has 1 aromatic rings. The van der Waals surface area contributed by atoms with Gasteiger partial charge in [-0.05, 0) is 49.4 Å². The fraction of sp³-hybridized carbons (Fsp3) is 0.500. The van der Waals surface area contributed by atoms with Crippen LogP contribution >= 0.6 is 0 Å². The van der Waals surface area contributed by atoms with Gasteiger partial charge in [-0.2, -0.15) is 0 Å². The van der Waals surface area contributed by atoms with Crippen LogP contribution in [0.15, 0.2) is 29.2 Å². The van der Waals surface area contributed by atoms with E-state index in [9.17, 15) is 13.2 Å². The molecule has 1 saturated heterocycles. The quantitative estimate of drug-likeness (QED) is 0.856. The van der Waals surface area contributed by atoms with E-state index < -0.39 is 16.0 Å². The maximum atomic E-state index is 11.2. The van der Waals surface area contributed by atoms with Crippen LogP contribution in [0.25, 0.3) is 0 Å². The van der Waals surface area contributed by atoms with Crippen molar-refractivity contribution in [2.24, 2.45) is 11.1 Å². The Morgan fingerprint density at radius 1 is 1.33 bits per heavy atom. The van der Waals surface area contributed by atoms with Gasteiger partial charge in [0.1, 0.15) is 0 Å². The molecular formula is C14H20N2O4S. The lowest BCUT2D eigenvalue weighted by molar-refractivity contribution is -0.137. The Bertz CT molecular complexity index is 598. The van der Waals surface area contributed by atoms with Gasteiger partial charge in [0, 0.05) is 25.2 Å². The van der Waals surface area contributed by atoms with Crippen molar-refractivity contribution in [1.29, 1.82) is 0 Å². The molecule has 1 unspecified atom stereocenters. The number of carbonyl (C=O) groups is 1. The molecule has 21 heavy (non-hydrogen) atoms. The molecular weight excluding hydrogens is 292 g/mol. The van der Waals surface area contributed by atoms with Crippen molar-refractivity contribution in [3.63, 3.8) is 0 Å². The highest BCUT2D eigenvalue weighted by atomic mass is 32.2. The molecule has 0 amide bonds. The number of aliphatic carboxylic acids is 1. The molecule has 6 nitrogen and oxygen atoms in total. The summed E-state index contributed by atoms with van der Waals surface area (Å²) in [4.78, 5) is 12.9. The second-order valence-corrected chi connectivity index (χ2v) is 6.99. The Morgan fingerprint density at radius 2 is 2.00 bits per heavy atom. The van der Waals surface area contributed by atoms with E-state index in [4.69, 9.17) is 10.2 Å². The van der Waals surface area contributed by atoms with Gasteiger partial charge in [0.05, 0.1) is 4.90 Å². The van der Waals surface area contributed by atoms with E-state index in [0.717, 1.165) is 31.6 Å². The minimum Gasteiger partial charge on any atom is -0.481 e. The molecule has 1 atom stereocenters. The van der Waals surface area contributed by atoms with E-state index in [1.54, 1.807) is 12.1 Å². The van der Waals surface area contributed by atoms with Gasteiger partial charge < -0.3 is 10.0 Å². The van der Waals surface area contributed by atoms with Crippen LogP contribution in [0.4, 0.5) is 5.69 Å². The number of sulfonamides is 1. The summed E-state index contributed by atoms with van der Waals surface area (Å²) in [5, 5.41) is 13.8. The first-order chi connectivity index (χ1) is 9.86. The van der Waals surface area contributed by atoms with Crippen LogP contribution in [0.1, 0.15) is 25.7 Å². The number of nitrogens with zero attached hydrogens (tertiary/aromatic N) is 1. The molecule has 1 heterocycles. The topological polar surface area (TPSA) is 101 Å². The maximum Gasteiger partial charge on any atom is 0.303 e. The largest absolute Gasteiger partial charge is 0.481 e. The normalized spacial score (nSPS) is 19.5. The number of anilines is 1. The summed E-state index contributed by atoms with van der Waals surface area (Å²) in [5.74, 6) is -0.391. The Kier molecular flexibility index (Phi) is 4.84. The smallest absolute Gasteiger partial charge is 0.303 e. The number of piperidine rings is 1. The molecule has 0 aromatic heterocycles. The third-order valence-corrected chi connectivity index (χ3v) is 4.75. The summed E-state index contributed by atoms with van der Waals surface area (Å²) < 4.78 is 22.5. The molecule has 1 aromatic carbocycles. The Labute approximate surface area is 124 Å². The molecule has 7 heteroatoms. The summed E-state index contributed by atoms with van der Waals surface area (Å²) in [6, 6.07) is 6.51. The lowest BCUT2D eigenvalue weighted by atomic mass is 9.93. The van der Waals surface area contributed by atoms with Crippen molar-refractivity contribution < 1.29 is 18.3 Å². The van der Waals surface area contributed by atoms with Crippen LogP contribution in [0.3, 0.4) is 0 Å². The van der Waals surface area contributed by atoms with Crippen LogP contribution < -0.4 is 10.0 Å². The van der Waals surface area contributed by atoms with E-state index in [1.807, 2.05) is 0 Å². The minimum atomic E-state index is -3.66. The summed E-state index contributed by atoms with van der Waals surface area (Å²) in [5.41, 5.74) is 0.947. The molecule has 1 aliphatic heterocycles. The zero-order chi connectivity index (χ0) is 15.5. The van der Waals surface area contributed by atoms with Gasteiger partial charge >= 0.3 is 5.97 Å². The average molecular weight is 312 g/mol. The number of hydrogen-bond acceptors (Lipinski definition) is 4. The minimum absolute atomic E-state index is 0.102. The summed E-state index contributed by atoms with van der Waals surface area (Å²) in [6.07, 6.45) is 2.93. The van der Waals surface area contributed by atoms with E-state index >= 15 is 0 Å². The van der Waals surface area contributed by atoms with Gasteiger partial charge in [-0.15, -0.1) is 0 Å². The second kappa shape index (κ2) is 6.44.